The van der Waals surface area contributed by atoms with Crippen molar-refractivity contribution in [1.29, 1.82) is 0 Å². The number of piperidine rings is 1. The first kappa shape index (κ1) is 16.1. The van der Waals surface area contributed by atoms with Crippen molar-refractivity contribution in [2.75, 3.05) is 19.6 Å². The predicted octanol–water partition coefficient (Wildman–Crippen LogP) is 0.199. The molecule has 0 aliphatic carbocycles. The van der Waals surface area contributed by atoms with Gasteiger partial charge in [-0.2, -0.15) is 11.3 Å². The van der Waals surface area contributed by atoms with E-state index in [-0.39, 0.29) is 12.5 Å². The van der Waals surface area contributed by atoms with E-state index in [2.05, 4.69) is 31.6 Å². The zero-order chi connectivity index (χ0) is 16.3. The summed E-state index contributed by atoms with van der Waals surface area (Å²) < 4.78 is 0. The molecule has 0 aromatic carbocycles. The highest BCUT2D eigenvalue weighted by Crippen LogP contribution is 2.24. The van der Waals surface area contributed by atoms with E-state index < -0.39 is 11.7 Å². The molecule has 0 radical (unpaired) electrons. The van der Waals surface area contributed by atoms with Crippen molar-refractivity contribution in [2.45, 2.75) is 24.7 Å². The molecule has 4 N–H and O–H groups in total. The molecule has 1 saturated heterocycles. The van der Waals surface area contributed by atoms with Gasteiger partial charge >= 0.3 is 0 Å². The molecule has 3 heterocycles. The molecule has 0 unspecified atom stereocenters. The Kier molecular flexibility index (Phi) is 4.76. The standard InChI is InChI=1S/C15H20N4O3S/c20-13-7-19(6-11-1-4-23-8-11)3-2-15(13,22)9-17-14(21)12-5-16-10-18-12/h1,4-5,8,10,13,20,22H,2-3,6-7,9H2,(H,16,18)(H,17,21)/t13-,15-/m1/s1. The first-order chi connectivity index (χ1) is 11.1. The molecule has 2 aromatic heterocycles. The minimum absolute atomic E-state index is 0.0122. The van der Waals surface area contributed by atoms with E-state index in [0.29, 0.717) is 25.2 Å². The van der Waals surface area contributed by atoms with E-state index in [0.717, 1.165) is 6.54 Å². The SMILES string of the molecule is O=C(NC[C@]1(O)CCN(Cc2ccsc2)C[C@H]1O)c1cnc[nH]1. The lowest BCUT2D eigenvalue weighted by Crippen LogP contribution is -2.60. The fourth-order valence-electron chi connectivity index (χ4n) is 2.72. The zero-order valence-corrected chi connectivity index (χ0v) is 13.4. The number of amides is 1. The summed E-state index contributed by atoms with van der Waals surface area (Å²) in [7, 11) is 0. The van der Waals surface area contributed by atoms with Gasteiger partial charge in [-0.3, -0.25) is 9.69 Å². The van der Waals surface area contributed by atoms with Crippen LogP contribution in [0.4, 0.5) is 0 Å². The zero-order valence-electron chi connectivity index (χ0n) is 12.6. The number of aromatic amines is 1. The summed E-state index contributed by atoms with van der Waals surface area (Å²) in [5.74, 6) is -0.344. The summed E-state index contributed by atoms with van der Waals surface area (Å²) in [5, 5.41) is 27.7. The van der Waals surface area contributed by atoms with Crippen LogP contribution in [0.5, 0.6) is 0 Å². The molecule has 0 bridgehead atoms. The lowest BCUT2D eigenvalue weighted by atomic mass is 9.88. The van der Waals surface area contributed by atoms with Crippen molar-refractivity contribution < 1.29 is 15.0 Å². The van der Waals surface area contributed by atoms with E-state index >= 15 is 0 Å². The van der Waals surface area contributed by atoms with Crippen molar-refractivity contribution >= 4 is 17.2 Å². The number of aliphatic hydroxyl groups is 2. The van der Waals surface area contributed by atoms with Crippen LogP contribution in [-0.2, 0) is 6.54 Å². The molecule has 3 rings (SSSR count). The van der Waals surface area contributed by atoms with Crippen LogP contribution in [0.3, 0.4) is 0 Å². The topological polar surface area (TPSA) is 101 Å². The van der Waals surface area contributed by atoms with Gasteiger partial charge in [0.1, 0.15) is 11.3 Å². The Bertz CT molecular complexity index is 631. The van der Waals surface area contributed by atoms with E-state index in [1.807, 2.05) is 5.38 Å². The maximum Gasteiger partial charge on any atom is 0.269 e. The van der Waals surface area contributed by atoms with Gasteiger partial charge in [0.2, 0.25) is 0 Å². The van der Waals surface area contributed by atoms with Crippen molar-refractivity contribution in [3.8, 4) is 0 Å². The number of imidazole rings is 1. The van der Waals surface area contributed by atoms with Crippen LogP contribution in [0.15, 0.2) is 29.4 Å². The number of carbonyl (C=O) groups is 1. The number of nitrogens with zero attached hydrogens (tertiary/aromatic N) is 2. The monoisotopic (exact) mass is 336 g/mol. The molecule has 23 heavy (non-hydrogen) atoms. The van der Waals surface area contributed by atoms with Crippen molar-refractivity contribution in [1.82, 2.24) is 20.2 Å². The van der Waals surface area contributed by atoms with Gasteiger partial charge in [0, 0.05) is 26.2 Å². The van der Waals surface area contributed by atoms with Gasteiger partial charge in [0.15, 0.2) is 0 Å². The highest BCUT2D eigenvalue weighted by atomic mass is 32.1. The lowest BCUT2D eigenvalue weighted by Gasteiger charge is -2.42. The normalized spacial score (nSPS) is 25.4. The number of H-pyrrole nitrogens is 1. The fraction of sp³-hybridized carbons (Fsp3) is 0.467. The minimum Gasteiger partial charge on any atom is -0.389 e. The summed E-state index contributed by atoms with van der Waals surface area (Å²) >= 11 is 1.64. The van der Waals surface area contributed by atoms with Gasteiger partial charge in [0.25, 0.3) is 5.91 Å². The van der Waals surface area contributed by atoms with Crippen LogP contribution in [-0.4, -0.2) is 62.3 Å². The third-order valence-electron chi connectivity index (χ3n) is 4.20. The average Bonchev–Trinajstić information content (AvgIpc) is 3.22. The van der Waals surface area contributed by atoms with Crippen LogP contribution in [0, 0.1) is 0 Å². The van der Waals surface area contributed by atoms with Crippen LogP contribution >= 0.6 is 11.3 Å². The number of β-amino-alcohol motifs (C(OH)–C–C–N with tert-alkyl or cyclic N) is 1. The molecule has 1 fully saturated rings. The maximum atomic E-state index is 11.9. The van der Waals surface area contributed by atoms with Gasteiger partial charge in [-0.15, -0.1) is 0 Å². The Morgan fingerprint density at radius 2 is 2.48 bits per heavy atom. The maximum absolute atomic E-state index is 11.9. The van der Waals surface area contributed by atoms with Crippen LogP contribution in [0.2, 0.25) is 0 Å². The van der Waals surface area contributed by atoms with E-state index in [9.17, 15) is 15.0 Å². The van der Waals surface area contributed by atoms with Gasteiger partial charge in [-0.05, 0) is 28.8 Å². The Labute approximate surface area is 138 Å². The molecule has 2 aromatic rings. The first-order valence-corrected chi connectivity index (χ1v) is 8.41. The fourth-order valence-corrected chi connectivity index (χ4v) is 3.38. The third-order valence-corrected chi connectivity index (χ3v) is 4.93. The molecule has 1 amide bonds. The van der Waals surface area contributed by atoms with E-state index in [4.69, 9.17) is 0 Å². The molecule has 7 nitrogen and oxygen atoms in total. The summed E-state index contributed by atoms with van der Waals surface area (Å²) in [5.41, 5.74) is 0.235. The smallest absolute Gasteiger partial charge is 0.269 e. The molecule has 1 aliphatic heterocycles. The second-order valence-corrected chi connectivity index (χ2v) is 6.66. The number of carbonyl (C=O) groups excluding carboxylic acids is 1. The van der Waals surface area contributed by atoms with Gasteiger partial charge < -0.3 is 20.5 Å². The van der Waals surface area contributed by atoms with Crippen LogP contribution in [0.1, 0.15) is 22.5 Å². The van der Waals surface area contributed by atoms with Gasteiger partial charge in [-0.25, -0.2) is 4.98 Å². The quantitative estimate of drug-likeness (QED) is 0.625. The number of rotatable bonds is 5. The highest BCUT2D eigenvalue weighted by molar-refractivity contribution is 7.07. The number of thiophene rings is 1. The first-order valence-electron chi connectivity index (χ1n) is 7.47. The van der Waals surface area contributed by atoms with Gasteiger partial charge in [0.05, 0.1) is 18.6 Å². The Balaban J connectivity index is 1.53. The summed E-state index contributed by atoms with van der Waals surface area (Å²) in [6, 6.07) is 2.06. The number of hydrogen-bond acceptors (Lipinski definition) is 6. The van der Waals surface area contributed by atoms with Crippen molar-refractivity contribution in [3.63, 3.8) is 0 Å². The third kappa shape index (κ3) is 3.78. The number of nitrogens with one attached hydrogen (secondary N) is 2. The van der Waals surface area contributed by atoms with Crippen LogP contribution < -0.4 is 5.32 Å². The molecule has 2 atom stereocenters. The second kappa shape index (κ2) is 6.79. The van der Waals surface area contributed by atoms with Crippen LogP contribution in [0.25, 0.3) is 0 Å². The largest absolute Gasteiger partial charge is 0.389 e. The number of likely N-dealkylation sites (tertiary alicyclic amines) is 1. The number of aliphatic hydroxyl groups excluding tert-OH is 1. The summed E-state index contributed by atoms with van der Waals surface area (Å²) in [6.45, 7) is 1.82. The van der Waals surface area contributed by atoms with E-state index in [1.54, 1.807) is 11.3 Å². The van der Waals surface area contributed by atoms with Crippen molar-refractivity contribution in [3.05, 3.63) is 40.6 Å². The van der Waals surface area contributed by atoms with E-state index in [1.165, 1.54) is 18.1 Å². The molecule has 1 aliphatic rings. The number of hydrogen-bond donors (Lipinski definition) is 4. The second-order valence-electron chi connectivity index (χ2n) is 5.88. The Morgan fingerprint density at radius 1 is 1.61 bits per heavy atom. The minimum atomic E-state index is -1.30. The lowest BCUT2D eigenvalue weighted by molar-refractivity contribution is -0.116. The molecular formula is C15H20N4O3S. The molecular weight excluding hydrogens is 316 g/mol. The Hall–Kier alpha value is -1.74. The summed E-state index contributed by atoms with van der Waals surface area (Å²) in [6.07, 6.45) is 2.33. The highest BCUT2D eigenvalue weighted by Gasteiger charge is 2.40. The summed E-state index contributed by atoms with van der Waals surface area (Å²) in [4.78, 5) is 20.5. The number of aromatic nitrogens is 2. The molecule has 124 valence electrons. The molecule has 8 heteroatoms. The predicted molar refractivity (Wildman–Crippen MR) is 86.1 cm³/mol. The molecule has 0 saturated carbocycles. The average molecular weight is 336 g/mol. The Morgan fingerprint density at radius 3 is 3.13 bits per heavy atom. The van der Waals surface area contributed by atoms with Crippen molar-refractivity contribution in [2.24, 2.45) is 0 Å². The van der Waals surface area contributed by atoms with Gasteiger partial charge in [-0.1, -0.05) is 0 Å². The molecule has 0 spiro atoms.